The summed E-state index contributed by atoms with van der Waals surface area (Å²) in [6, 6.07) is 0. The van der Waals surface area contributed by atoms with Crippen LogP contribution in [0.15, 0.2) is 0 Å². The lowest BCUT2D eigenvalue weighted by atomic mass is 10.3. The minimum absolute atomic E-state index is 0.0393. The molecule has 0 aromatic carbocycles. The van der Waals surface area contributed by atoms with Crippen molar-refractivity contribution in [1.82, 2.24) is 28.7 Å². The molecule has 3 rings (SSSR count). The first-order valence-electron chi connectivity index (χ1n) is 13.6. The van der Waals surface area contributed by atoms with Crippen LogP contribution < -0.4 is 5.32 Å². The maximum atomic E-state index is 14.1. The molecule has 3 aliphatic rings. The molecule has 1 N–H and O–H groups in total. The van der Waals surface area contributed by atoms with Gasteiger partial charge in [-0.25, -0.2) is 18.7 Å². The summed E-state index contributed by atoms with van der Waals surface area (Å²) in [5.41, 5.74) is 0. The largest absolute Gasteiger partial charge is 0.615 e. The molecule has 3 heterocycles. The van der Waals surface area contributed by atoms with Crippen molar-refractivity contribution >= 4 is 23.5 Å². The summed E-state index contributed by atoms with van der Waals surface area (Å²) in [5, 5.41) is 3.30. The number of ether oxygens (including phenoxy) is 3. The monoisotopic (exact) mass is 633 g/mol. The number of nitrogens with one attached hydrogen (secondary N) is 1. The maximum absolute atomic E-state index is 14.1. The van der Waals surface area contributed by atoms with Crippen LogP contribution in [-0.4, -0.2) is 162 Å². The van der Waals surface area contributed by atoms with E-state index in [-0.39, 0.29) is 32.0 Å². The number of hydrogen-bond acceptors (Lipinski definition) is 10. The molecule has 0 bridgehead atoms. The van der Waals surface area contributed by atoms with E-state index in [1.165, 1.54) is 4.67 Å². The third-order valence-corrected chi connectivity index (χ3v) is 12.9. The quantitative estimate of drug-likeness (QED) is 0.276. The Labute approximate surface area is 239 Å². The smallest absolute Gasteiger partial charge is 0.373 e. The van der Waals surface area contributed by atoms with Crippen molar-refractivity contribution in [2.45, 2.75) is 31.3 Å². The van der Waals surface area contributed by atoms with E-state index in [1.54, 1.807) is 61.0 Å². The SMILES string of the molecule is C[C@H]1CNC[C@@H](COP(=O)(N(C)C)N2CCO[C@H](COP(=O)(N(C)C)N3CCO[C@H](CO[P+](=O)N(C)C)C3)C2)O1. The van der Waals surface area contributed by atoms with Gasteiger partial charge in [0.1, 0.15) is 6.61 Å². The van der Waals surface area contributed by atoms with Gasteiger partial charge < -0.3 is 28.6 Å². The van der Waals surface area contributed by atoms with E-state index in [1.807, 2.05) is 6.92 Å². The van der Waals surface area contributed by atoms with Gasteiger partial charge in [-0.1, -0.05) is 4.67 Å². The predicted octanol–water partition coefficient (Wildman–Crippen LogP) is 1.37. The van der Waals surface area contributed by atoms with Gasteiger partial charge in [0.25, 0.3) is 0 Å². The molecule has 234 valence electrons. The minimum Gasteiger partial charge on any atom is -0.373 e. The van der Waals surface area contributed by atoms with Crippen LogP contribution in [0.2, 0.25) is 0 Å². The van der Waals surface area contributed by atoms with Crippen LogP contribution in [-0.2, 0) is 41.5 Å². The van der Waals surface area contributed by atoms with Crippen LogP contribution in [0.5, 0.6) is 0 Å². The van der Waals surface area contributed by atoms with Gasteiger partial charge in [-0.05, 0) is 39.7 Å². The van der Waals surface area contributed by atoms with Crippen molar-refractivity contribution in [2.24, 2.45) is 0 Å². The minimum atomic E-state index is -3.44. The van der Waals surface area contributed by atoms with Crippen LogP contribution in [0.4, 0.5) is 0 Å². The molecule has 18 heteroatoms. The molecule has 3 fully saturated rings. The Morgan fingerprint density at radius 1 is 0.825 bits per heavy atom. The van der Waals surface area contributed by atoms with Crippen molar-refractivity contribution in [2.75, 3.05) is 115 Å². The van der Waals surface area contributed by atoms with Crippen LogP contribution in [0.1, 0.15) is 6.92 Å². The summed E-state index contributed by atoms with van der Waals surface area (Å²) in [5.74, 6) is 0. The topological polar surface area (TPSA) is 135 Å². The number of nitrogens with zero attached hydrogens (tertiary/aromatic N) is 5. The number of hydrogen-bond donors (Lipinski definition) is 1. The average molecular weight is 634 g/mol. The first-order valence-corrected chi connectivity index (χ1v) is 17.8. The molecule has 0 aromatic rings. The summed E-state index contributed by atoms with van der Waals surface area (Å²) >= 11 is 0. The van der Waals surface area contributed by atoms with E-state index in [4.69, 9.17) is 27.8 Å². The molecule has 0 spiro atoms. The van der Waals surface area contributed by atoms with Crippen LogP contribution in [0, 0.1) is 0 Å². The van der Waals surface area contributed by atoms with Gasteiger partial charge in [0.2, 0.25) is 0 Å². The molecule has 7 atom stereocenters. The van der Waals surface area contributed by atoms with Crippen molar-refractivity contribution in [3.8, 4) is 0 Å². The van der Waals surface area contributed by atoms with Gasteiger partial charge in [-0.15, -0.1) is 4.52 Å². The van der Waals surface area contributed by atoms with Gasteiger partial charge in [-0.2, -0.15) is 0 Å². The molecule has 40 heavy (non-hydrogen) atoms. The molecule has 15 nitrogen and oxygen atoms in total. The zero-order chi connectivity index (χ0) is 29.5. The standard InChI is InChI=1S/C22H48N6O9P3/c1-19-12-23-13-20(37-19)17-35-39(30,25(4)5)28-9-11-33-22(15-28)18-36-40(31,26(6)7)27-8-10-32-21(14-27)16-34-38(29)24(2)3/h19-23H,8-18H2,1-7H3/q+1/t19-,20-,21-,22-,39?,40?/m0/s1. The van der Waals surface area contributed by atoms with Gasteiger partial charge in [-0.3, -0.25) is 9.13 Å². The van der Waals surface area contributed by atoms with Gasteiger partial charge in [0, 0.05) is 53.4 Å². The first-order chi connectivity index (χ1) is 18.8. The molecule has 0 radical (unpaired) electrons. The maximum Gasteiger partial charge on any atom is 0.615 e. The zero-order valence-electron chi connectivity index (χ0n) is 24.8. The Hall–Kier alpha value is 0.0800. The fourth-order valence-corrected chi connectivity index (χ4v) is 9.05. The Kier molecular flexibility index (Phi) is 13.6. The van der Waals surface area contributed by atoms with Crippen molar-refractivity contribution in [1.29, 1.82) is 0 Å². The fourth-order valence-electron chi connectivity index (χ4n) is 4.56. The Morgan fingerprint density at radius 3 is 1.80 bits per heavy atom. The highest BCUT2D eigenvalue weighted by atomic mass is 31.2. The highest BCUT2D eigenvalue weighted by Crippen LogP contribution is 2.55. The summed E-state index contributed by atoms with van der Waals surface area (Å²) in [7, 11) is 1.46. The van der Waals surface area contributed by atoms with Gasteiger partial charge in [0.15, 0.2) is 0 Å². The van der Waals surface area contributed by atoms with E-state index in [2.05, 4.69) is 5.32 Å². The van der Waals surface area contributed by atoms with E-state index >= 15 is 0 Å². The highest BCUT2D eigenvalue weighted by Gasteiger charge is 2.43. The van der Waals surface area contributed by atoms with Crippen molar-refractivity contribution in [3.63, 3.8) is 0 Å². The number of morpholine rings is 3. The van der Waals surface area contributed by atoms with Crippen LogP contribution in [0.3, 0.4) is 0 Å². The molecule has 3 aliphatic heterocycles. The molecule has 0 aromatic heterocycles. The summed E-state index contributed by atoms with van der Waals surface area (Å²) in [4.78, 5) is 0. The summed E-state index contributed by atoms with van der Waals surface area (Å²) in [6.07, 6.45) is -0.985. The van der Waals surface area contributed by atoms with E-state index < -0.39 is 35.7 Å². The lowest BCUT2D eigenvalue weighted by molar-refractivity contribution is -0.0561. The second-order valence-corrected chi connectivity index (χ2v) is 17.4. The molecule has 3 unspecified atom stereocenters. The van der Waals surface area contributed by atoms with Crippen molar-refractivity contribution in [3.05, 3.63) is 0 Å². The van der Waals surface area contributed by atoms with Gasteiger partial charge in [0.05, 0.1) is 50.8 Å². The molecule has 3 saturated heterocycles. The lowest BCUT2D eigenvalue weighted by Gasteiger charge is -2.42. The molecule has 0 saturated carbocycles. The lowest BCUT2D eigenvalue weighted by Crippen LogP contribution is -2.48. The third kappa shape index (κ3) is 9.29. The van der Waals surface area contributed by atoms with Crippen molar-refractivity contribution < 1.29 is 41.5 Å². The second kappa shape index (κ2) is 15.7. The Balaban J connectivity index is 1.59. The third-order valence-electron chi connectivity index (χ3n) is 6.74. The van der Waals surface area contributed by atoms with Crippen LogP contribution >= 0.6 is 23.5 Å². The molecule has 0 amide bonds. The zero-order valence-corrected chi connectivity index (χ0v) is 27.5. The number of rotatable bonds is 14. The van der Waals surface area contributed by atoms with E-state index in [0.29, 0.717) is 45.9 Å². The predicted molar refractivity (Wildman–Crippen MR) is 152 cm³/mol. The Morgan fingerprint density at radius 2 is 1.32 bits per heavy atom. The summed E-state index contributed by atoms with van der Waals surface area (Å²) < 4.78 is 83.4. The highest BCUT2D eigenvalue weighted by molar-refractivity contribution is 7.54. The van der Waals surface area contributed by atoms with Crippen LogP contribution in [0.25, 0.3) is 0 Å². The van der Waals surface area contributed by atoms with E-state index in [0.717, 1.165) is 6.54 Å². The first kappa shape index (κ1) is 34.6. The average Bonchev–Trinajstić information content (AvgIpc) is 2.93. The second-order valence-electron chi connectivity index (χ2n) is 10.7. The Bertz CT molecular complexity index is 917. The van der Waals surface area contributed by atoms with Gasteiger partial charge >= 0.3 is 23.5 Å². The fraction of sp³-hybridized carbons (Fsp3) is 1.00. The molecule has 0 aliphatic carbocycles. The summed E-state index contributed by atoms with van der Waals surface area (Å²) in [6.45, 7) is 5.85. The normalized spacial score (nSPS) is 30.9. The molecular weight excluding hydrogens is 585 g/mol. The van der Waals surface area contributed by atoms with E-state index in [9.17, 15) is 13.7 Å². The molecular formula is C22H48N6O9P3+.